The molecule has 0 atom stereocenters. The molecule has 0 aliphatic carbocycles. The van der Waals surface area contributed by atoms with Crippen molar-refractivity contribution in [2.24, 2.45) is 0 Å². The van der Waals surface area contributed by atoms with Crippen LogP contribution in [-0.2, 0) is 6.18 Å². The molecule has 0 radical (unpaired) electrons. The quantitative estimate of drug-likeness (QED) is 0.620. The van der Waals surface area contributed by atoms with Gasteiger partial charge in [-0.15, -0.1) is 11.3 Å². The SMILES string of the molecule is Cc1cc(C(=O)Nc2cc(C(F)(F)F)ccc2Br)sc1Br. The highest BCUT2D eigenvalue weighted by molar-refractivity contribution is 9.11. The van der Waals surface area contributed by atoms with Crippen LogP contribution < -0.4 is 5.32 Å². The van der Waals surface area contributed by atoms with Crippen molar-refractivity contribution < 1.29 is 18.0 Å². The van der Waals surface area contributed by atoms with E-state index in [1.165, 1.54) is 17.4 Å². The van der Waals surface area contributed by atoms with Gasteiger partial charge in [0.2, 0.25) is 0 Å². The molecule has 0 spiro atoms. The van der Waals surface area contributed by atoms with Crippen molar-refractivity contribution in [2.75, 3.05) is 5.32 Å². The number of carbonyl (C=O) groups excluding carboxylic acids is 1. The Morgan fingerprint density at radius 1 is 1.24 bits per heavy atom. The number of hydrogen-bond donors (Lipinski definition) is 1. The lowest BCUT2D eigenvalue weighted by molar-refractivity contribution is -0.137. The topological polar surface area (TPSA) is 29.1 Å². The van der Waals surface area contributed by atoms with Gasteiger partial charge in [0.1, 0.15) is 0 Å². The highest BCUT2D eigenvalue weighted by Crippen LogP contribution is 2.34. The van der Waals surface area contributed by atoms with Crippen molar-refractivity contribution in [1.82, 2.24) is 0 Å². The van der Waals surface area contributed by atoms with Crippen molar-refractivity contribution in [1.29, 1.82) is 0 Å². The largest absolute Gasteiger partial charge is 0.416 e. The zero-order valence-electron chi connectivity index (χ0n) is 10.5. The van der Waals surface area contributed by atoms with Gasteiger partial charge in [0.05, 0.1) is 19.9 Å². The molecule has 1 aromatic carbocycles. The van der Waals surface area contributed by atoms with Crippen molar-refractivity contribution in [2.45, 2.75) is 13.1 Å². The zero-order chi connectivity index (χ0) is 15.8. The highest BCUT2D eigenvalue weighted by atomic mass is 79.9. The molecule has 2 rings (SSSR count). The summed E-state index contributed by atoms with van der Waals surface area (Å²) in [4.78, 5) is 12.5. The summed E-state index contributed by atoms with van der Waals surface area (Å²) in [5.74, 6) is -0.450. The van der Waals surface area contributed by atoms with Gasteiger partial charge in [-0.1, -0.05) is 0 Å². The first-order chi connectivity index (χ1) is 9.68. The maximum absolute atomic E-state index is 12.7. The first kappa shape index (κ1) is 16.5. The fourth-order valence-electron chi connectivity index (χ4n) is 1.55. The van der Waals surface area contributed by atoms with E-state index >= 15 is 0 Å². The van der Waals surface area contributed by atoms with Crippen LogP contribution >= 0.6 is 43.2 Å². The van der Waals surface area contributed by atoms with Crippen LogP contribution in [0.25, 0.3) is 0 Å². The second-order valence-corrected chi connectivity index (χ2v) is 7.44. The molecule has 0 fully saturated rings. The monoisotopic (exact) mass is 441 g/mol. The Labute approximate surface area is 139 Å². The number of aryl methyl sites for hydroxylation is 1. The number of halogens is 5. The lowest BCUT2D eigenvalue weighted by Gasteiger charge is -2.11. The molecular weight excluding hydrogens is 435 g/mol. The van der Waals surface area contributed by atoms with Gasteiger partial charge in [0.25, 0.3) is 5.91 Å². The maximum atomic E-state index is 12.7. The molecule has 21 heavy (non-hydrogen) atoms. The first-order valence-corrected chi connectivity index (χ1v) is 8.03. The van der Waals surface area contributed by atoms with E-state index in [-0.39, 0.29) is 5.69 Å². The first-order valence-electron chi connectivity index (χ1n) is 5.62. The average Bonchev–Trinajstić information content (AvgIpc) is 2.71. The van der Waals surface area contributed by atoms with E-state index < -0.39 is 17.6 Å². The lowest BCUT2D eigenvalue weighted by atomic mass is 10.2. The van der Waals surface area contributed by atoms with Gasteiger partial charge in [-0.25, -0.2) is 0 Å². The summed E-state index contributed by atoms with van der Waals surface area (Å²) in [7, 11) is 0. The standard InChI is InChI=1S/C13H8Br2F3NOS/c1-6-4-10(21-11(6)15)12(20)19-9-5-7(13(16,17)18)2-3-8(9)14/h2-5H,1H3,(H,19,20). The summed E-state index contributed by atoms with van der Waals surface area (Å²) >= 11 is 7.66. The third-order valence-electron chi connectivity index (χ3n) is 2.62. The second-order valence-electron chi connectivity index (χ2n) is 4.21. The van der Waals surface area contributed by atoms with Gasteiger partial charge >= 0.3 is 6.18 Å². The van der Waals surface area contributed by atoms with Crippen LogP contribution in [0, 0.1) is 6.92 Å². The molecule has 0 unspecified atom stereocenters. The molecule has 1 heterocycles. The summed E-state index contributed by atoms with van der Waals surface area (Å²) in [6, 6.07) is 4.78. The van der Waals surface area contributed by atoms with Crippen LogP contribution in [0.2, 0.25) is 0 Å². The molecule has 2 nitrogen and oxygen atoms in total. The summed E-state index contributed by atoms with van der Waals surface area (Å²) in [6.07, 6.45) is -4.46. The molecule has 0 bridgehead atoms. The predicted octanol–water partition coefficient (Wildman–Crippen LogP) is 5.85. The van der Waals surface area contributed by atoms with Gasteiger partial charge in [0, 0.05) is 4.47 Å². The number of hydrogen-bond acceptors (Lipinski definition) is 2. The van der Waals surface area contributed by atoms with Crippen molar-refractivity contribution >= 4 is 54.8 Å². The molecule has 0 aliphatic heterocycles. The summed E-state index contributed by atoms with van der Waals surface area (Å²) < 4.78 is 39.3. The average molecular weight is 443 g/mol. The fourth-order valence-corrected chi connectivity index (χ4v) is 3.33. The van der Waals surface area contributed by atoms with Crippen LogP contribution in [-0.4, -0.2) is 5.91 Å². The molecule has 0 saturated carbocycles. The lowest BCUT2D eigenvalue weighted by Crippen LogP contribution is -2.12. The summed E-state index contributed by atoms with van der Waals surface area (Å²) in [5.41, 5.74) is 0.162. The Morgan fingerprint density at radius 3 is 2.43 bits per heavy atom. The summed E-state index contributed by atoms with van der Waals surface area (Å²) in [5, 5.41) is 2.48. The van der Waals surface area contributed by atoms with Gasteiger partial charge in [-0.05, 0) is 68.6 Å². The number of benzene rings is 1. The van der Waals surface area contributed by atoms with Gasteiger partial charge in [0.15, 0.2) is 0 Å². The Kier molecular flexibility index (Phi) is 4.79. The maximum Gasteiger partial charge on any atom is 0.416 e. The van der Waals surface area contributed by atoms with E-state index in [0.29, 0.717) is 9.35 Å². The van der Waals surface area contributed by atoms with Crippen LogP contribution in [0.3, 0.4) is 0 Å². The number of amides is 1. The fraction of sp³-hybridized carbons (Fsp3) is 0.154. The normalized spacial score (nSPS) is 11.5. The van der Waals surface area contributed by atoms with Crippen LogP contribution in [0.4, 0.5) is 18.9 Å². The molecule has 1 amide bonds. The van der Waals surface area contributed by atoms with Gasteiger partial charge in [-0.2, -0.15) is 13.2 Å². The second kappa shape index (κ2) is 6.10. The van der Waals surface area contributed by atoms with Crippen LogP contribution in [0.1, 0.15) is 20.8 Å². The molecule has 2 aromatic rings. The predicted molar refractivity (Wildman–Crippen MR) is 83.9 cm³/mol. The molecule has 8 heteroatoms. The van der Waals surface area contributed by atoms with Crippen molar-refractivity contribution in [3.8, 4) is 0 Å². The number of carbonyl (C=O) groups is 1. The van der Waals surface area contributed by atoms with E-state index in [0.717, 1.165) is 21.5 Å². The molecular formula is C13H8Br2F3NOS. The smallest absolute Gasteiger partial charge is 0.320 e. The van der Waals surface area contributed by atoms with E-state index in [9.17, 15) is 18.0 Å². The molecule has 1 N–H and O–H groups in total. The van der Waals surface area contributed by atoms with Crippen molar-refractivity contribution in [3.63, 3.8) is 0 Å². The number of nitrogens with one attached hydrogen (secondary N) is 1. The van der Waals surface area contributed by atoms with Crippen LogP contribution in [0.5, 0.6) is 0 Å². The number of anilines is 1. The zero-order valence-corrected chi connectivity index (χ0v) is 14.5. The minimum absolute atomic E-state index is 0.0806. The van der Waals surface area contributed by atoms with Crippen molar-refractivity contribution in [3.05, 3.63) is 48.5 Å². The van der Waals surface area contributed by atoms with Gasteiger partial charge < -0.3 is 5.32 Å². The minimum atomic E-state index is -4.46. The molecule has 112 valence electrons. The van der Waals surface area contributed by atoms with E-state index in [1.54, 1.807) is 6.07 Å². The Morgan fingerprint density at radius 2 is 1.90 bits per heavy atom. The molecule has 0 aliphatic rings. The van der Waals surface area contributed by atoms with E-state index in [1.807, 2.05) is 6.92 Å². The Balaban J connectivity index is 2.28. The third-order valence-corrected chi connectivity index (χ3v) is 5.45. The summed E-state index contributed by atoms with van der Waals surface area (Å²) in [6.45, 7) is 1.83. The Hall–Kier alpha value is -0.860. The van der Waals surface area contributed by atoms with E-state index in [2.05, 4.69) is 37.2 Å². The van der Waals surface area contributed by atoms with E-state index in [4.69, 9.17) is 0 Å². The highest BCUT2D eigenvalue weighted by Gasteiger charge is 2.31. The minimum Gasteiger partial charge on any atom is -0.320 e. The third kappa shape index (κ3) is 3.87. The van der Waals surface area contributed by atoms with Crippen LogP contribution in [0.15, 0.2) is 32.5 Å². The number of alkyl halides is 3. The Bertz CT molecular complexity index is 678. The molecule has 1 aromatic heterocycles. The number of rotatable bonds is 2. The number of thiophene rings is 1. The molecule has 0 saturated heterocycles. The van der Waals surface area contributed by atoms with Gasteiger partial charge in [-0.3, -0.25) is 4.79 Å².